The van der Waals surface area contributed by atoms with Crippen molar-refractivity contribution in [1.82, 2.24) is 0 Å². The first kappa shape index (κ1) is 14.5. The minimum Gasteiger partial charge on any atom is -0.409 e. The van der Waals surface area contributed by atoms with Crippen molar-refractivity contribution in [1.29, 1.82) is 0 Å². The molecule has 21 heavy (non-hydrogen) atoms. The van der Waals surface area contributed by atoms with Gasteiger partial charge in [0.15, 0.2) is 5.84 Å². The van der Waals surface area contributed by atoms with Crippen molar-refractivity contribution >= 4 is 23.1 Å². The molecule has 0 amide bonds. The van der Waals surface area contributed by atoms with Crippen LogP contribution in [0.1, 0.15) is 37.7 Å². The predicted octanol–water partition coefficient (Wildman–Crippen LogP) is 3.45. The van der Waals surface area contributed by atoms with Crippen LogP contribution in [0.3, 0.4) is 0 Å². The zero-order chi connectivity index (χ0) is 14.8. The van der Waals surface area contributed by atoms with Crippen LogP contribution < -0.4 is 10.6 Å². The fourth-order valence-electron chi connectivity index (χ4n) is 3.86. The Morgan fingerprint density at radius 1 is 1.24 bits per heavy atom. The van der Waals surface area contributed by atoms with E-state index in [1.165, 1.54) is 32.1 Å². The Hall–Kier alpha value is -1.42. The largest absolute Gasteiger partial charge is 0.409 e. The maximum Gasteiger partial charge on any atom is 0.172 e. The van der Waals surface area contributed by atoms with Crippen molar-refractivity contribution in [2.75, 3.05) is 18.0 Å². The minimum absolute atomic E-state index is 0.123. The van der Waals surface area contributed by atoms with Gasteiger partial charge < -0.3 is 15.8 Å². The molecule has 1 saturated heterocycles. The van der Waals surface area contributed by atoms with Crippen LogP contribution in [0.5, 0.6) is 0 Å². The first-order chi connectivity index (χ1) is 10.2. The van der Waals surface area contributed by atoms with E-state index in [-0.39, 0.29) is 5.84 Å². The van der Waals surface area contributed by atoms with Gasteiger partial charge in [-0.2, -0.15) is 0 Å². The van der Waals surface area contributed by atoms with Crippen LogP contribution in [0.25, 0.3) is 0 Å². The summed E-state index contributed by atoms with van der Waals surface area (Å²) < 4.78 is 0. The van der Waals surface area contributed by atoms with E-state index in [1.54, 1.807) is 6.07 Å². The first-order valence-electron chi connectivity index (χ1n) is 7.71. The number of nitrogens with zero attached hydrogens (tertiary/aromatic N) is 2. The fraction of sp³-hybridized carbons (Fsp3) is 0.562. The van der Waals surface area contributed by atoms with E-state index in [1.807, 2.05) is 12.1 Å². The summed E-state index contributed by atoms with van der Waals surface area (Å²) in [6.45, 7) is 2.10. The standard InChI is InChI=1S/C16H22ClN3O/c17-13-5-6-15(14(9-13)16(18)19-21)20-8-7-11-3-1-2-4-12(11)10-20/h5-6,9,11-12,21H,1-4,7-8,10H2,(H2,18,19). The van der Waals surface area contributed by atoms with Crippen molar-refractivity contribution in [3.05, 3.63) is 28.8 Å². The third-order valence-corrected chi connectivity index (χ3v) is 5.21. The molecule has 1 aliphatic carbocycles. The summed E-state index contributed by atoms with van der Waals surface area (Å²) >= 11 is 6.06. The Morgan fingerprint density at radius 3 is 2.76 bits per heavy atom. The highest BCUT2D eigenvalue weighted by atomic mass is 35.5. The molecule has 2 unspecified atom stereocenters. The number of amidine groups is 1. The smallest absolute Gasteiger partial charge is 0.172 e. The molecule has 114 valence electrons. The molecule has 3 rings (SSSR count). The number of piperidine rings is 1. The summed E-state index contributed by atoms with van der Waals surface area (Å²) in [6.07, 6.45) is 6.68. The predicted molar refractivity (Wildman–Crippen MR) is 86.2 cm³/mol. The molecule has 1 saturated carbocycles. The topological polar surface area (TPSA) is 61.9 Å². The van der Waals surface area contributed by atoms with Gasteiger partial charge in [-0.05, 0) is 42.9 Å². The molecule has 1 aromatic rings. The van der Waals surface area contributed by atoms with Gasteiger partial charge in [-0.25, -0.2) is 0 Å². The van der Waals surface area contributed by atoms with E-state index in [9.17, 15) is 0 Å². The maximum atomic E-state index is 8.99. The molecule has 0 radical (unpaired) electrons. The third kappa shape index (κ3) is 2.95. The number of halogens is 1. The highest BCUT2D eigenvalue weighted by molar-refractivity contribution is 6.31. The van der Waals surface area contributed by atoms with Crippen molar-refractivity contribution in [3.8, 4) is 0 Å². The molecular formula is C16H22ClN3O. The van der Waals surface area contributed by atoms with Gasteiger partial charge in [0.05, 0.1) is 0 Å². The zero-order valence-corrected chi connectivity index (χ0v) is 12.9. The van der Waals surface area contributed by atoms with Crippen molar-refractivity contribution < 1.29 is 5.21 Å². The molecular weight excluding hydrogens is 286 g/mol. The number of nitrogens with two attached hydrogens (primary N) is 1. The molecule has 2 atom stereocenters. The number of oxime groups is 1. The maximum absolute atomic E-state index is 8.99. The molecule has 0 spiro atoms. The lowest BCUT2D eigenvalue weighted by molar-refractivity contribution is 0.202. The average Bonchev–Trinajstić information content (AvgIpc) is 2.53. The van der Waals surface area contributed by atoms with Crippen LogP contribution in [0, 0.1) is 11.8 Å². The molecule has 1 heterocycles. The Morgan fingerprint density at radius 2 is 2.00 bits per heavy atom. The Bertz CT molecular complexity index is 546. The van der Waals surface area contributed by atoms with Crippen molar-refractivity contribution in [3.63, 3.8) is 0 Å². The number of anilines is 1. The molecule has 1 aromatic carbocycles. The van der Waals surface area contributed by atoms with Gasteiger partial charge in [0.25, 0.3) is 0 Å². The van der Waals surface area contributed by atoms with E-state index in [0.29, 0.717) is 5.02 Å². The highest BCUT2D eigenvalue weighted by Crippen LogP contribution is 2.38. The highest BCUT2D eigenvalue weighted by Gasteiger charge is 2.32. The number of benzene rings is 1. The van der Waals surface area contributed by atoms with Crippen molar-refractivity contribution in [2.45, 2.75) is 32.1 Å². The van der Waals surface area contributed by atoms with Gasteiger partial charge >= 0.3 is 0 Å². The summed E-state index contributed by atoms with van der Waals surface area (Å²) in [5.41, 5.74) is 7.57. The minimum atomic E-state index is 0.123. The summed E-state index contributed by atoms with van der Waals surface area (Å²) in [4.78, 5) is 2.37. The Balaban J connectivity index is 1.86. The molecule has 0 aromatic heterocycles. The second kappa shape index (κ2) is 6.14. The Labute approximate surface area is 130 Å². The van der Waals surface area contributed by atoms with Gasteiger partial charge in [0.2, 0.25) is 0 Å². The quantitative estimate of drug-likeness (QED) is 0.381. The summed E-state index contributed by atoms with van der Waals surface area (Å²) in [6, 6.07) is 5.63. The molecule has 4 nitrogen and oxygen atoms in total. The monoisotopic (exact) mass is 307 g/mol. The van der Waals surface area contributed by atoms with Crippen LogP contribution >= 0.6 is 11.6 Å². The lowest BCUT2D eigenvalue weighted by Crippen LogP contribution is -2.42. The molecule has 1 aliphatic heterocycles. The van der Waals surface area contributed by atoms with E-state index in [0.717, 1.165) is 36.2 Å². The van der Waals surface area contributed by atoms with Gasteiger partial charge in [-0.1, -0.05) is 36.0 Å². The van der Waals surface area contributed by atoms with Crippen LogP contribution in [-0.4, -0.2) is 24.1 Å². The summed E-state index contributed by atoms with van der Waals surface area (Å²) in [5.74, 6) is 1.79. The molecule has 2 fully saturated rings. The number of rotatable bonds is 2. The molecule has 2 aliphatic rings. The van der Waals surface area contributed by atoms with Crippen LogP contribution in [0.2, 0.25) is 5.02 Å². The van der Waals surface area contributed by atoms with Gasteiger partial charge in [-0.15, -0.1) is 0 Å². The lowest BCUT2D eigenvalue weighted by Gasteiger charge is -2.42. The second-order valence-corrected chi connectivity index (χ2v) is 6.62. The van der Waals surface area contributed by atoms with Gasteiger partial charge in [-0.3, -0.25) is 0 Å². The normalized spacial score (nSPS) is 26.5. The van der Waals surface area contributed by atoms with Crippen LogP contribution in [-0.2, 0) is 0 Å². The first-order valence-corrected chi connectivity index (χ1v) is 8.09. The molecule has 3 N–H and O–H groups in total. The fourth-order valence-corrected chi connectivity index (χ4v) is 4.03. The average molecular weight is 308 g/mol. The molecule has 0 bridgehead atoms. The SMILES string of the molecule is NC(=NO)c1cc(Cl)ccc1N1CCC2CCCCC2C1. The second-order valence-electron chi connectivity index (χ2n) is 6.19. The van der Waals surface area contributed by atoms with E-state index >= 15 is 0 Å². The van der Waals surface area contributed by atoms with E-state index in [2.05, 4.69) is 10.1 Å². The number of hydrogen-bond donors (Lipinski definition) is 2. The number of hydrogen-bond acceptors (Lipinski definition) is 3. The lowest BCUT2D eigenvalue weighted by atomic mass is 9.75. The van der Waals surface area contributed by atoms with Crippen LogP contribution in [0.4, 0.5) is 5.69 Å². The van der Waals surface area contributed by atoms with E-state index in [4.69, 9.17) is 22.5 Å². The zero-order valence-electron chi connectivity index (χ0n) is 12.1. The molecule has 5 heteroatoms. The van der Waals surface area contributed by atoms with Gasteiger partial charge in [0, 0.05) is 29.4 Å². The van der Waals surface area contributed by atoms with Gasteiger partial charge in [0.1, 0.15) is 0 Å². The van der Waals surface area contributed by atoms with E-state index < -0.39 is 0 Å². The summed E-state index contributed by atoms with van der Waals surface area (Å²) in [7, 11) is 0. The summed E-state index contributed by atoms with van der Waals surface area (Å²) in [5, 5.41) is 12.7. The van der Waals surface area contributed by atoms with Crippen LogP contribution in [0.15, 0.2) is 23.4 Å². The Kier molecular flexibility index (Phi) is 4.24. The number of fused-ring (bicyclic) bond motifs is 1. The van der Waals surface area contributed by atoms with Crippen molar-refractivity contribution in [2.24, 2.45) is 22.7 Å². The third-order valence-electron chi connectivity index (χ3n) is 4.97.